The van der Waals surface area contributed by atoms with Gasteiger partial charge in [0.05, 0.1) is 0 Å². The Labute approximate surface area is 192 Å². The van der Waals surface area contributed by atoms with Gasteiger partial charge < -0.3 is 15.1 Å². The van der Waals surface area contributed by atoms with E-state index in [-0.39, 0.29) is 29.6 Å². The van der Waals surface area contributed by atoms with Gasteiger partial charge in [-0.2, -0.15) is 0 Å². The van der Waals surface area contributed by atoms with Crippen molar-refractivity contribution in [2.45, 2.75) is 77.8 Å². The molecular formula is C26H37N3O3. The lowest BCUT2D eigenvalue weighted by Crippen LogP contribution is -2.59. The summed E-state index contributed by atoms with van der Waals surface area (Å²) in [5.74, 6) is -0.279. The van der Waals surface area contributed by atoms with Crippen LogP contribution in [0.3, 0.4) is 0 Å². The van der Waals surface area contributed by atoms with Crippen molar-refractivity contribution in [3.8, 4) is 0 Å². The summed E-state index contributed by atoms with van der Waals surface area (Å²) in [6.45, 7) is 6.00. The fourth-order valence-corrected chi connectivity index (χ4v) is 4.84. The topological polar surface area (TPSA) is 69.7 Å². The lowest BCUT2D eigenvalue weighted by atomic mass is 9.81. The number of carbonyl (C=O) groups is 3. The Balaban J connectivity index is 1.84. The van der Waals surface area contributed by atoms with Crippen LogP contribution in [-0.4, -0.2) is 46.1 Å². The van der Waals surface area contributed by atoms with Crippen molar-refractivity contribution < 1.29 is 14.4 Å². The van der Waals surface area contributed by atoms with Gasteiger partial charge in [0.15, 0.2) is 0 Å². The Morgan fingerprint density at radius 3 is 2.41 bits per heavy atom. The van der Waals surface area contributed by atoms with E-state index in [9.17, 15) is 14.4 Å². The highest BCUT2D eigenvalue weighted by molar-refractivity contribution is 5.94. The van der Waals surface area contributed by atoms with Crippen LogP contribution in [0.1, 0.15) is 64.9 Å². The predicted octanol–water partition coefficient (Wildman–Crippen LogP) is 3.87. The van der Waals surface area contributed by atoms with Gasteiger partial charge in [-0.15, -0.1) is 0 Å². The monoisotopic (exact) mass is 439 g/mol. The molecule has 1 aliphatic heterocycles. The molecule has 1 N–H and O–H groups in total. The Kier molecular flexibility index (Phi) is 8.48. The molecule has 1 aliphatic carbocycles. The molecule has 6 heteroatoms. The summed E-state index contributed by atoms with van der Waals surface area (Å²) in [6.07, 6.45) is 10.3. The number of benzene rings is 1. The Hall–Kier alpha value is -2.63. The molecule has 0 unspecified atom stereocenters. The van der Waals surface area contributed by atoms with Crippen LogP contribution < -0.4 is 5.32 Å². The molecule has 1 aromatic carbocycles. The predicted molar refractivity (Wildman–Crippen MR) is 125 cm³/mol. The number of hydrogen-bond donors (Lipinski definition) is 1. The molecular weight excluding hydrogens is 402 g/mol. The number of rotatable bonds is 8. The minimum Gasteiger partial charge on any atom is -0.344 e. The standard InChI is InChI=1S/C26H37N3O3/c1-4-19(2)23(27-20(3)30)25(31)29-18-17-28(16-15-21-11-7-5-8-12-21)26(32)24(29)22-13-9-6-10-14-22/h5,7-8,11-12,17-19,22-24H,4,6,9-10,13-16H2,1-3H3,(H,27,30)/t19-,23+,24+/m0/s1. The quantitative estimate of drug-likeness (QED) is 0.668. The van der Waals surface area contributed by atoms with Gasteiger partial charge in [0, 0.05) is 25.9 Å². The molecule has 0 bridgehead atoms. The van der Waals surface area contributed by atoms with Gasteiger partial charge in [-0.25, -0.2) is 0 Å². The molecule has 32 heavy (non-hydrogen) atoms. The molecule has 1 saturated carbocycles. The fraction of sp³-hybridized carbons (Fsp3) is 0.577. The third-order valence-electron chi connectivity index (χ3n) is 6.92. The molecule has 0 aromatic heterocycles. The zero-order valence-electron chi connectivity index (χ0n) is 19.6. The number of carbonyl (C=O) groups excluding carboxylic acids is 3. The van der Waals surface area contributed by atoms with Crippen LogP contribution in [-0.2, 0) is 20.8 Å². The molecule has 2 aliphatic rings. The van der Waals surface area contributed by atoms with Gasteiger partial charge in [-0.3, -0.25) is 14.4 Å². The number of nitrogens with zero attached hydrogens (tertiary/aromatic N) is 2. The zero-order chi connectivity index (χ0) is 23.1. The second-order valence-electron chi connectivity index (χ2n) is 9.22. The van der Waals surface area contributed by atoms with Crippen LogP contribution in [0.15, 0.2) is 42.7 Å². The normalized spacial score (nSPS) is 21.3. The second kappa shape index (κ2) is 11.3. The maximum absolute atomic E-state index is 13.6. The molecule has 3 amide bonds. The van der Waals surface area contributed by atoms with Crippen LogP contribution in [0.5, 0.6) is 0 Å². The van der Waals surface area contributed by atoms with Crippen molar-refractivity contribution in [3.63, 3.8) is 0 Å². The fourth-order valence-electron chi connectivity index (χ4n) is 4.84. The molecule has 6 nitrogen and oxygen atoms in total. The maximum atomic E-state index is 13.6. The van der Waals surface area contributed by atoms with E-state index < -0.39 is 12.1 Å². The van der Waals surface area contributed by atoms with E-state index in [0.29, 0.717) is 6.54 Å². The first-order valence-electron chi connectivity index (χ1n) is 12.0. The van der Waals surface area contributed by atoms with Gasteiger partial charge in [-0.05, 0) is 36.7 Å². The van der Waals surface area contributed by atoms with E-state index in [4.69, 9.17) is 0 Å². The summed E-state index contributed by atoms with van der Waals surface area (Å²) in [4.78, 5) is 42.5. The summed E-state index contributed by atoms with van der Waals surface area (Å²) in [5.41, 5.74) is 1.18. The summed E-state index contributed by atoms with van der Waals surface area (Å²) in [6, 6.07) is 9.01. The molecule has 0 radical (unpaired) electrons. The van der Waals surface area contributed by atoms with E-state index in [1.807, 2.05) is 32.0 Å². The zero-order valence-corrected chi connectivity index (χ0v) is 19.6. The average molecular weight is 440 g/mol. The van der Waals surface area contributed by atoms with E-state index in [1.165, 1.54) is 18.9 Å². The van der Waals surface area contributed by atoms with Gasteiger partial charge in [0.1, 0.15) is 12.1 Å². The van der Waals surface area contributed by atoms with Crippen LogP contribution in [0.4, 0.5) is 0 Å². The summed E-state index contributed by atoms with van der Waals surface area (Å²) in [5, 5.41) is 2.83. The first kappa shape index (κ1) is 24.0. The minimum absolute atomic E-state index is 0.00518. The molecule has 3 atom stereocenters. The van der Waals surface area contributed by atoms with Crippen molar-refractivity contribution >= 4 is 17.7 Å². The summed E-state index contributed by atoms with van der Waals surface area (Å²) >= 11 is 0. The summed E-state index contributed by atoms with van der Waals surface area (Å²) < 4.78 is 0. The second-order valence-corrected chi connectivity index (χ2v) is 9.22. The summed E-state index contributed by atoms with van der Waals surface area (Å²) in [7, 11) is 0. The van der Waals surface area contributed by atoms with Crippen molar-refractivity contribution in [1.29, 1.82) is 0 Å². The molecule has 174 valence electrons. The van der Waals surface area contributed by atoms with E-state index in [0.717, 1.165) is 38.5 Å². The van der Waals surface area contributed by atoms with Gasteiger partial charge in [-0.1, -0.05) is 69.9 Å². The molecule has 1 aromatic rings. The largest absolute Gasteiger partial charge is 0.344 e. The van der Waals surface area contributed by atoms with Crippen LogP contribution in [0.2, 0.25) is 0 Å². The van der Waals surface area contributed by atoms with E-state index in [2.05, 4.69) is 17.4 Å². The van der Waals surface area contributed by atoms with Gasteiger partial charge >= 0.3 is 0 Å². The lowest BCUT2D eigenvalue weighted by molar-refractivity contribution is -0.148. The van der Waals surface area contributed by atoms with Crippen LogP contribution in [0, 0.1) is 11.8 Å². The lowest BCUT2D eigenvalue weighted by Gasteiger charge is -2.42. The van der Waals surface area contributed by atoms with Crippen molar-refractivity contribution in [2.75, 3.05) is 6.54 Å². The first-order valence-corrected chi connectivity index (χ1v) is 12.0. The smallest absolute Gasteiger partial charge is 0.250 e. The van der Waals surface area contributed by atoms with Crippen molar-refractivity contribution in [1.82, 2.24) is 15.1 Å². The van der Waals surface area contributed by atoms with Crippen molar-refractivity contribution in [2.24, 2.45) is 11.8 Å². The highest BCUT2D eigenvalue weighted by Crippen LogP contribution is 2.33. The van der Waals surface area contributed by atoms with Crippen LogP contribution in [0.25, 0.3) is 0 Å². The molecule has 3 rings (SSSR count). The van der Waals surface area contributed by atoms with Crippen molar-refractivity contribution in [3.05, 3.63) is 48.3 Å². The molecule has 0 spiro atoms. The highest BCUT2D eigenvalue weighted by atomic mass is 16.2. The number of nitrogens with one attached hydrogen (secondary N) is 1. The van der Waals surface area contributed by atoms with E-state index >= 15 is 0 Å². The molecule has 0 saturated heterocycles. The molecule has 1 heterocycles. The Morgan fingerprint density at radius 1 is 1.09 bits per heavy atom. The minimum atomic E-state index is -0.628. The maximum Gasteiger partial charge on any atom is 0.250 e. The third kappa shape index (κ3) is 5.78. The first-order chi connectivity index (χ1) is 15.4. The number of hydrogen-bond acceptors (Lipinski definition) is 3. The molecule has 1 fully saturated rings. The van der Waals surface area contributed by atoms with Crippen LogP contribution >= 0.6 is 0 Å². The number of amides is 3. The van der Waals surface area contributed by atoms with Gasteiger partial charge in [0.25, 0.3) is 0 Å². The Bertz CT molecular complexity index is 817. The average Bonchev–Trinajstić information content (AvgIpc) is 2.81. The Morgan fingerprint density at radius 2 is 1.78 bits per heavy atom. The highest BCUT2D eigenvalue weighted by Gasteiger charge is 2.42. The SMILES string of the molecule is CC[C@H](C)[C@@H](NC(C)=O)C(=O)N1C=CN(CCc2ccccc2)C(=O)[C@H]1C1CCCCC1. The van der Waals surface area contributed by atoms with E-state index in [1.54, 1.807) is 22.2 Å². The third-order valence-corrected chi connectivity index (χ3v) is 6.92. The van der Waals surface area contributed by atoms with Gasteiger partial charge in [0.2, 0.25) is 17.7 Å².